The van der Waals surface area contributed by atoms with Gasteiger partial charge in [-0.3, -0.25) is 4.79 Å². The maximum absolute atomic E-state index is 12.5. The Morgan fingerprint density at radius 1 is 1.13 bits per heavy atom. The molecule has 154 valence electrons. The lowest BCUT2D eigenvalue weighted by molar-refractivity contribution is -0.115. The molecule has 1 amide bonds. The van der Waals surface area contributed by atoms with Crippen molar-refractivity contribution in [3.63, 3.8) is 0 Å². The molecule has 2 aromatic carbocycles. The van der Waals surface area contributed by atoms with Crippen molar-refractivity contribution in [2.24, 2.45) is 0 Å². The molecule has 0 fully saturated rings. The Labute approximate surface area is 187 Å². The quantitative estimate of drug-likeness (QED) is 0.363. The minimum atomic E-state index is -0.288. The molecule has 1 N–H and O–H groups in total. The van der Waals surface area contributed by atoms with Crippen molar-refractivity contribution in [2.75, 3.05) is 5.32 Å². The summed E-state index contributed by atoms with van der Waals surface area (Å²) in [5.74, 6) is 1.52. The molecule has 0 aliphatic carbocycles. The molecule has 0 bridgehead atoms. The third-order valence-electron chi connectivity index (χ3n) is 4.40. The molecule has 0 aliphatic heterocycles. The summed E-state index contributed by atoms with van der Waals surface area (Å²) in [5, 5.41) is 12.1. The van der Waals surface area contributed by atoms with Gasteiger partial charge in [-0.25, -0.2) is 4.98 Å². The number of para-hydroxylation sites is 2. The number of hydrogen-bond donors (Lipinski definition) is 1. The van der Waals surface area contributed by atoms with Crippen molar-refractivity contribution in [1.82, 2.24) is 19.7 Å². The van der Waals surface area contributed by atoms with Crippen LogP contribution in [0.2, 0.25) is 0 Å². The van der Waals surface area contributed by atoms with Crippen molar-refractivity contribution in [3.05, 3.63) is 60.4 Å². The fraction of sp³-hybridized carbons (Fsp3) is 0.238. The lowest BCUT2D eigenvalue weighted by Gasteiger charge is -2.12. The molecule has 0 radical (unpaired) electrons. The minimum absolute atomic E-state index is 0.0535. The maximum Gasteiger partial charge on any atom is 0.237 e. The fourth-order valence-corrected chi connectivity index (χ4v) is 5.79. The molecule has 4 rings (SSSR count). The molecule has 1 unspecified atom stereocenters. The number of amides is 1. The molecule has 0 aliphatic rings. The van der Waals surface area contributed by atoms with Crippen LogP contribution in [0.5, 0.6) is 0 Å². The van der Waals surface area contributed by atoms with Gasteiger partial charge in [0.15, 0.2) is 9.50 Å². The Hall–Kier alpha value is -2.36. The number of carbonyl (C=O) groups is 1. The van der Waals surface area contributed by atoms with Gasteiger partial charge >= 0.3 is 0 Å². The zero-order chi connectivity index (χ0) is 20.9. The number of rotatable bonds is 8. The summed E-state index contributed by atoms with van der Waals surface area (Å²) >= 11 is 4.78. The highest BCUT2D eigenvalue weighted by atomic mass is 32.2. The van der Waals surface area contributed by atoms with Crippen molar-refractivity contribution in [2.45, 2.75) is 40.9 Å². The molecule has 0 spiro atoms. The zero-order valence-electron chi connectivity index (χ0n) is 16.6. The van der Waals surface area contributed by atoms with Crippen LogP contribution in [0.25, 0.3) is 10.2 Å². The van der Waals surface area contributed by atoms with Gasteiger partial charge in [0.1, 0.15) is 5.82 Å². The highest BCUT2D eigenvalue weighted by molar-refractivity contribution is 8.00. The Balaban J connectivity index is 1.40. The van der Waals surface area contributed by atoms with Crippen molar-refractivity contribution >= 4 is 56.7 Å². The van der Waals surface area contributed by atoms with Gasteiger partial charge in [0, 0.05) is 12.2 Å². The van der Waals surface area contributed by atoms with E-state index in [2.05, 4.69) is 38.1 Å². The zero-order valence-corrected chi connectivity index (χ0v) is 19.1. The molecule has 0 saturated carbocycles. The molecule has 30 heavy (non-hydrogen) atoms. The average Bonchev–Trinajstić information content (AvgIpc) is 3.35. The molecule has 6 nitrogen and oxygen atoms in total. The van der Waals surface area contributed by atoms with E-state index in [0.717, 1.165) is 33.1 Å². The summed E-state index contributed by atoms with van der Waals surface area (Å²) in [6.07, 6.45) is 0. The van der Waals surface area contributed by atoms with Crippen molar-refractivity contribution in [3.8, 4) is 0 Å². The van der Waals surface area contributed by atoms with E-state index in [9.17, 15) is 4.79 Å². The van der Waals surface area contributed by atoms with Crippen LogP contribution < -0.4 is 5.32 Å². The SMILES string of the molecule is CCn1c(CSc2nc3ccccc3s2)nnc1SC(C)C(=O)Nc1ccccc1. The first-order chi connectivity index (χ1) is 14.6. The second-order valence-electron chi connectivity index (χ2n) is 6.49. The summed E-state index contributed by atoms with van der Waals surface area (Å²) < 4.78 is 4.27. The Bertz CT molecular complexity index is 1110. The first-order valence-electron chi connectivity index (χ1n) is 9.57. The van der Waals surface area contributed by atoms with Crippen LogP contribution in [-0.2, 0) is 17.1 Å². The van der Waals surface area contributed by atoms with E-state index < -0.39 is 0 Å². The average molecular weight is 456 g/mol. The lowest BCUT2D eigenvalue weighted by atomic mass is 10.3. The third kappa shape index (κ3) is 4.85. The predicted molar refractivity (Wildman–Crippen MR) is 125 cm³/mol. The third-order valence-corrected chi connectivity index (χ3v) is 7.66. The lowest BCUT2D eigenvalue weighted by Crippen LogP contribution is -2.22. The number of benzene rings is 2. The minimum Gasteiger partial charge on any atom is -0.325 e. The van der Waals surface area contributed by atoms with Crippen LogP contribution in [-0.4, -0.2) is 30.9 Å². The number of nitrogens with one attached hydrogen (secondary N) is 1. The topological polar surface area (TPSA) is 72.7 Å². The summed E-state index contributed by atoms with van der Waals surface area (Å²) in [6, 6.07) is 17.6. The normalized spacial score (nSPS) is 12.2. The predicted octanol–water partition coefficient (Wildman–Crippen LogP) is 5.32. The highest BCUT2D eigenvalue weighted by Gasteiger charge is 2.20. The van der Waals surface area contributed by atoms with E-state index in [1.165, 1.54) is 16.5 Å². The standard InChI is InChI=1S/C21H21N5OS3/c1-3-26-18(13-28-21-23-16-11-7-8-12-17(16)30-21)24-25-20(26)29-14(2)19(27)22-15-9-5-4-6-10-15/h4-12,14H,3,13H2,1-2H3,(H,22,27). The van der Waals surface area contributed by atoms with Crippen LogP contribution in [0.4, 0.5) is 5.69 Å². The van der Waals surface area contributed by atoms with Crippen LogP contribution >= 0.6 is 34.9 Å². The van der Waals surface area contributed by atoms with Crippen LogP contribution in [0, 0.1) is 0 Å². The number of hydrogen-bond acceptors (Lipinski definition) is 7. The van der Waals surface area contributed by atoms with Gasteiger partial charge in [-0.15, -0.1) is 21.5 Å². The van der Waals surface area contributed by atoms with Gasteiger partial charge in [-0.2, -0.15) is 0 Å². The first-order valence-corrected chi connectivity index (χ1v) is 12.2. The Kier molecular flexibility index (Phi) is 6.71. The maximum atomic E-state index is 12.5. The second kappa shape index (κ2) is 9.63. The number of thioether (sulfide) groups is 2. The molecular formula is C21H21N5OS3. The van der Waals surface area contributed by atoms with Gasteiger partial charge in [0.05, 0.1) is 21.2 Å². The van der Waals surface area contributed by atoms with E-state index in [1.807, 2.05) is 55.5 Å². The van der Waals surface area contributed by atoms with Gasteiger partial charge in [0.25, 0.3) is 0 Å². The number of aromatic nitrogens is 4. The molecule has 0 saturated heterocycles. The number of carbonyl (C=O) groups excluding carboxylic acids is 1. The first kappa shape index (κ1) is 20.9. The number of thiazole rings is 1. The summed E-state index contributed by atoms with van der Waals surface area (Å²) in [4.78, 5) is 17.2. The van der Waals surface area contributed by atoms with Crippen molar-refractivity contribution in [1.29, 1.82) is 0 Å². The van der Waals surface area contributed by atoms with E-state index >= 15 is 0 Å². The molecular weight excluding hydrogens is 434 g/mol. The molecule has 2 heterocycles. The monoisotopic (exact) mass is 455 g/mol. The van der Waals surface area contributed by atoms with E-state index in [1.54, 1.807) is 23.1 Å². The smallest absolute Gasteiger partial charge is 0.237 e. The van der Waals surface area contributed by atoms with Crippen molar-refractivity contribution < 1.29 is 4.79 Å². The van der Waals surface area contributed by atoms with Gasteiger partial charge < -0.3 is 9.88 Å². The molecule has 1 atom stereocenters. The van der Waals surface area contributed by atoms with Crippen LogP contribution in [0.1, 0.15) is 19.7 Å². The summed E-state index contributed by atoms with van der Waals surface area (Å²) in [7, 11) is 0. The largest absolute Gasteiger partial charge is 0.325 e. The number of fused-ring (bicyclic) bond motifs is 1. The van der Waals surface area contributed by atoms with Gasteiger partial charge in [-0.05, 0) is 38.1 Å². The summed E-state index contributed by atoms with van der Waals surface area (Å²) in [6.45, 7) is 4.69. The van der Waals surface area contributed by atoms with Gasteiger partial charge in [-0.1, -0.05) is 53.9 Å². The van der Waals surface area contributed by atoms with E-state index in [0.29, 0.717) is 5.75 Å². The Morgan fingerprint density at radius 3 is 2.67 bits per heavy atom. The molecule has 4 aromatic rings. The van der Waals surface area contributed by atoms with Crippen LogP contribution in [0.15, 0.2) is 64.1 Å². The highest BCUT2D eigenvalue weighted by Crippen LogP contribution is 2.32. The van der Waals surface area contributed by atoms with E-state index in [4.69, 9.17) is 0 Å². The Morgan fingerprint density at radius 2 is 1.90 bits per heavy atom. The number of nitrogens with zero attached hydrogens (tertiary/aromatic N) is 4. The molecule has 9 heteroatoms. The second-order valence-corrected chi connectivity index (χ2v) is 10.1. The molecule has 2 aromatic heterocycles. The number of anilines is 1. The van der Waals surface area contributed by atoms with Crippen LogP contribution in [0.3, 0.4) is 0 Å². The fourth-order valence-electron chi connectivity index (χ4n) is 2.85. The summed E-state index contributed by atoms with van der Waals surface area (Å²) in [5.41, 5.74) is 1.82. The van der Waals surface area contributed by atoms with E-state index in [-0.39, 0.29) is 11.2 Å². The van der Waals surface area contributed by atoms with Gasteiger partial charge in [0.2, 0.25) is 5.91 Å².